The Morgan fingerprint density at radius 2 is 2.06 bits per heavy atom. The van der Waals surface area contributed by atoms with E-state index in [1.165, 1.54) is 17.8 Å². The third-order valence-electron chi connectivity index (χ3n) is 2.20. The molecular formula is C12H11N3O2S. The zero-order chi connectivity index (χ0) is 13.0. The second-order valence-electron chi connectivity index (χ2n) is 3.48. The van der Waals surface area contributed by atoms with Gasteiger partial charge in [0.2, 0.25) is 0 Å². The smallest absolute Gasteiger partial charge is 0.335 e. The van der Waals surface area contributed by atoms with Crippen molar-refractivity contribution in [3.63, 3.8) is 0 Å². The maximum atomic E-state index is 11.0. The van der Waals surface area contributed by atoms with Crippen LogP contribution in [0.4, 0.5) is 0 Å². The van der Waals surface area contributed by atoms with Crippen molar-refractivity contribution in [2.24, 2.45) is 0 Å². The van der Waals surface area contributed by atoms with Gasteiger partial charge in [-0.1, -0.05) is 6.92 Å². The van der Waals surface area contributed by atoms with Crippen LogP contribution in [0.15, 0.2) is 40.8 Å². The molecule has 2 aromatic heterocycles. The summed E-state index contributed by atoms with van der Waals surface area (Å²) in [6.07, 6.45) is 3.96. The average Bonchev–Trinajstić information content (AvgIpc) is 2.39. The first-order valence-corrected chi connectivity index (χ1v) is 6.20. The van der Waals surface area contributed by atoms with Gasteiger partial charge in [-0.05, 0) is 36.4 Å². The molecule has 0 spiro atoms. The zero-order valence-corrected chi connectivity index (χ0v) is 10.5. The first kappa shape index (κ1) is 12.5. The summed E-state index contributed by atoms with van der Waals surface area (Å²) in [5.41, 5.74) is 0.980. The summed E-state index contributed by atoms with van der Waals surface area (Å²) in [6.45, 7) is 1.93. The van der Waals surface area contributed by atoms with Crippen LogP contribution in [0, 0.1) is 0 Å². The molecule has 0 fully saturated rings. The molecule has 0 radical (unpaired) electrons. The Labute approximate surface area is 108 Å². The van der Waals surface area contributed by atoms with Crippen molar-refractivity contribution in [3.05, 3.63) is 41.9 Å². The third-order valence-corrected chi connectivity index (χ3v) is 3.01. The summed E-state index contributed by atoms with van der Waals surface area (Å²) in [6, 6.07) is 4.84. The van der Waals surface area contributed by atoms with E-state index in [1.807, 2.05) is 6.92 Å². The lowest BCUT2D eigenvalue weighted by molar-refractivity contribution is 0.0696. The van der Waals surface area contributed by atoms with Crippen LogP contribution in [0.3, 0.4) is 0 Å². The van der Waals surface area contributed by atoms with Crippen molar-refractivity contribution in [2.75, 3.05) is 0 Å². The normalized spacial score (nSPS) is 10.3. The summed E-state index contributed by atoms with van der Waals surface area (Å²) in [7, 11) is 0. The van der Waals surface area contributed by atoms with Crippen LogP contribution >= 0.6 is 11.8 Å². The van der Waals surface area contributed by atoms with Gasteiger partial charge in [-0.15, -0.1) is 0 Å². The van der Waals surface area contributed by atoms with Crippen molar-refractivity contribution >= 4 is 17.7 Å². The zero-order valence-electron chi connectivity index (χ0n) is 9.70. The predicted molar refractivity (Wildman–Crippen MR) is 66.7 cm³/mol. The molecule has 0 saturated carbocycles. The molecule has 18 heavy (non-hydrogen) atoms. The van der Waals surface area contributed by atoms with Gasteiger partial charge in [-0.3, -0.25) is 0 Å². The Bertz CT molecular complexity index is 561. The van der Waals surface area contributed by atoms with Crippen LogP contribution in [0.1, 0.15) is 23.0 Å². The highest BCUT2D eigenvalue weighted by molar-refractivity contribution is 7.99. The number of hydrogen-bond donors (Lipinski definition) is 1. The molecule has 92 valence electrons. The SMILES string of the molecule is CCc1cc(C(=O)O)cc(Sc2ncccn2)n1. The first-order valence-electron chi connectivity index (χ1n) is 5.38. The number of rotatable bonds is 4. The van der Waals surface area contributed by atoms with Gasteiger partial charge in [0.05, 0.1) is 5.56 Å². The largest absolute Gasteiger partial charge is 0.478 e. The molecule has 0 saturated heterocycles. The summed E-state index contributed by atoms with van der Waals surface area (Å²) in [4.78, 5) is 23.5. The second-order valence-corrected chi connectivity index (χ2v) is 4.47. The van der Waals surface area contributed by atoms with Crippen molar-refractivity contribution in [1.82, 2.24) is 15.0 Å². The monoisotopic (exact) mass is 261 g/mol. The summed E-state index contributed by atoms with van der Waals surface area (Å²) in [5, 5.41) is 10.2. The highest BCUT2D eigenvalue weighted by Gasteiger charge is 2.09. The maximum absolute atomic E-state index is 11.0. The molecule has 6 heteroatoms. The lowest BCUT2D eigenvalue weighted by Crippen LogP contribution is -2.00. The summed E-state index contributed by atoms with van der Waals surface area (Å²) < 4.78 is 0. The van der Waals surface area contributed by atoms with Gasteiger partial charge in [-0.2, -0.15) is 0 Å². The van der Waals surface area contributed by atoms with E-state index in [0.29, 0.717) is 16.6 Å². The van der Waals surface area contributed by atoms with Crippen molar-refractivity contribution in [3.8, 4) is 0 Å². The Balaban J connectivity index is 2.32. The average molecular weight is 261 g/mol. The molecule has 5 nitrogen and oxygen atoms in total. The molecule has 0 aliphatic carbocycles. The molecule has 2 heterocycles. The molecule has 2 aromatic rings. The van der Waals surface area contributed by atoms with E-state index in [1.54, 1.807) is 24.5 Å². The number of hydrogen-bond acceptors (Lipinski definition) is 5. The number of carboxylic acid groups (broad SMARTS) is 1. The van der Waals surface area contributed by atoms with E-state index < -0.39 is 5.97 Å². The van der Waals surface area contributed by atoms with Gasteiger partial charge < -0.3 is 5.11 Å². The van der Waals surface area contributed by atoms with Gasteiger partial charge in [0, 0.05) is 18.1 Å². The Kier molecular flexibility index (Phi) is 3.88. The minimum Gasteiger partial charge on any atom is -0.478 e. The molecule has 0 amide bonds. The highest BCUT2D eigenvalue weighted by Crippen LogP contribution is 2.23. The number of carboxylic acids is 1. The van der Waals surface area contributed by atoms with E-state index in [2.05, 4.69) is 15.0 Å². The summed E-state index contributed by atoms with van der Waals surface area (Å²) in [5.74, 6) is -0.956. The fraction of sp³-hybridized carbons (Fsp3) is 0.167. The Hall–Kier alpha value is -1.95. The van der Waals surface area contributed by atoms with Gasteiger partial charge >= 0.3 is 5.97 Å². The number of carbonyl (C=O) groups is 1. The molecular weight excluding hydrogens is 250 g/mol. The van der Waals surface area contributed by atoms with Gasteiger partial charge in [0.15, 0.2) is 5.16 Å². The van der Waals surface area contributed by atoms with Gasteiger partial charge in [0.1, 0.15) is 5.03 Å². The molecule has 0 unspecified atom stereocenters. The molecule has 0 aliphatic rings. The molecule has 0 aromatic carbocycles. The van der Waals surface area contributed by atoms with E-state index in [0.717, 1.165) is 5.69 Å². The van der Waals surface area contributed by atoms with Crippen LogP contribution in [0.25, 0.3) is 0 Å². The quantitative estimate of drug-likeness (QED) is 0.851. The molecule has 1 N–H and O–H groups in total. The molecule has 2 rings (SSSR count). The van der Waals surface area contributed by atoms with Crippen molar-refractivity contribution in [2.45, 2.75) is 23.5 Å². The lowest BCUT2D eigenvalue weighted by atomic mass is 10.2. The van der Waals surface area contributed by atoms with Gasteiger partial charge in [-0.25, -0.2) is 19.7 Å². The number of aromatic carboxylic acids is 1. The Morgan fingerprint density at radius 3 is 2.67 bits per heavy atom. The minimum atomic E-state index is -0.956. The lowest BCUT2D eigenvalue weighted by Gasteiger charge is -2.04. The third kappa shape index (κ3) is 3.04. The number of nitrogens with zero attached hydrogens (tertiary/aromatic N) is 3. The second kappa shape index (κ2) is 5.59. The first-order chi connectivity index (χ1) is 8.69. The van der Waals surface area contributed by atoms with E-state index in [4.69, 9.17) is 5.11 Å². The van der Waals surface area contributed by atoms with E-state index >= 15 is 0 Å². The van der Waals surface area contributed by atoms with Gasteiger partial charge in [0.25, 0.3) is 0 Å². The van der Waals surface area contributed by atoms with Crippen LogP contribution in [0.5, 0.6) is 0 Å². The van der Waals surface area contributed by atoms with E-state index in [9.17, 15) is 4.79 Å². The van der Waals surface area contributed by atoms with Crippen LogP contribution in [0.2, 0.25) is 0 Å². The fourth-order valence-electron chi connectivity index (χ4n) is 1.35. The molecule has 0 aliphatic heterocycles. The van der Waals surface area contributed by atoms with Crippen molar-refractivity contribution < 1.29 is 9.90 Å². The molecule has 0 bridgehead atoms. The highest BCUT2D eigenvalue weighted by atomic mass is 32.2. The number of aryl methyl sites for hydroxylation is 1. The minimum absolute atomic E-state index is 0.236. The maximum Gasteiger partial charge on any atom is 0.335 e. The van der Waals surface area contributed by atoms with Crippen LogP contribution in [-0.4, -0.2) is 26.0 Å². The topological polar surface area (TPSA) is 76.0 Å². The predicted octanol–water partition coefficient (Wildman–Crippen LogP) is 2.28. The summed E-state index contributed by atoms with van der Waals surface area (Å²) >= 11 is 1.25. The standard InChI is InChI=1S/C12H11N3O2S/c1-2-9-6-8(11(16)17)7-10(15-9)18-12-13-4-3-5-14-12/h3-7H,2H2,1H3,(H,16,17). The van der Waals surface area contributed by atoms with Crippen molar-refractivity contribution in [1.29, 1.82) is 0 Å². The number of pyridine rings is 1. The number of aromatic nitrogens is 3. The van der Waals surface area contributed by atoms with Crippen LogP contribution < -0.4 is 0 Å². The fourth-order valence-corrected chi connectivity index (χ4v) is 2.11. The Morgan fingerprint density at radius 1 is 1.33 bits per heavy atom. The van der Waals surface area contributed by atoms with Crippen LogP contribution in [-0.2, 0) is 6.42 Å². The molecule has 0 atom stereocenters. The van der Waals surface area contributed by atoms with E-state index in [-0.39, 0.29) is 5.56 Å².